The van der Waals surface area contributed by atoms with E-state index in [1.807, 2.05) is 19.9 Å². The largest absolute Gasteiger partial charge is 0.381 e. The highest BCUT2D eigenvalue weighted by Crippen LogP contribution is 2.25. The molecular formula is C15H19N3O3. The lowest BCUT2D eigenvalue weighted by Crippen LogP contribution is -2.23. The fourth-order valence-corrected chi connectivity index (χ4v) is 2.85. The summed E-state index contributed by atoms with van der Waals surface area (Å²) in [6, 6.07) is 1.84. The molecule has 1 aliphatic heterocycles. The minimum atomic E-state index is -0.102. The van der Waals surface area contributed by atoms with Gasteiger partial charge in [-0.2, -0.15) is 4.98 Å². The van der Waals surface area contributed by atoms with Crippen molar-refractivity contribution in [2.45, 2.75) is 32.6 Å². The highest BCUT2D eigenvalue weighted by molar-refractivity contribution is 5.53. The highest BCUT2D eigenvalue weighted by Gasteiger charge is 2.24. The molecule has 1 fully saturated rings. The molecule has 6 nitrogen and oxygen atoms in total. The summed E-state index contributed by atoms with van der Waals surface area (Å²) < 4.78 is 12.3. The third-order valence-electron chi connectivity index (χ3n) is 4.06. The van der Waals surface area contributed by atoms with Crippen molar-refractivity contribution in [1.29, 1.82) is 0 Å². The van der Waals surface area contributed by atoms with Gasteiger partial charge in [-0.3, -0.25) is 4.79 Å². The van der Waals surface area contributed by atoms with E-state index in [9.17, 15) is 4.79 Å². The van der Waals surface area contributed by atoms with Crippen LogP contribution in [-0.4, -0.2) is 27.9 Å². The molecule has 0 saturated carbocycles. The topological polar surface area (TPSA) is 70.2 Å². The van der Waals surface area contributed by atoms with Gasteiger partial charge in [0.2, 0.25) is 0 Å². The molecule has 21 heavy (non-hydrogen) atoms. The third kappa shape index (κ3) is 2.40. The predicted molar refractivity (Wildman–Crippen MR) is 77.3 cm³/mol. The minimum Gasteiger partial charge on any atom is -0.381 e. The maximum Gasteiger partial charge on any atom is 0.263 e. The van der Waals surface area contributed by atoms with Gasteiger partial charge in [-0.25, -0.2) is 0 Å². The van der Waals surface area contributed by atoms with Crippen LogP contribution in [0.2, 0.25) is 0 Å². The first kappa shape index (κ1) is 14.0. The van der Waals surface area contributed by atoms with Crippen molar-refractivity contribution >= 4 is 0 Å². The van der Waals surface area contributed by atoms with E-state index in [0.717, 1.165) is 30.7 Å². The van der Waals surface area contributed by atoms with Gasteiger partial charge in [0.25, 0.3) is 11.4 Å². The first-order valence-electron chi connectivity index (χ1n) is 7.23. The first-order chi connectivity index (χ1) is 10.1. The lowest BCUT2D eigenvalue weighted by Gasteiger charge is -2.10. The molecule has 1 saturated heterocycles. The summed E-state index contributed by atoms with van der Waals surface area (Å²) >= 11 is 0. The van der Waals surface area contributed by atoms with Crippen LogP contribution in [0, 0.1) is 6.92 Å². The molecule has 1 aliphatic rings. The molecule has 0 amide bonds. The van der Waals surface area contributed by atoms with E-state index in [2.05, 4.69) is 10.1 Å². The van der Waals surface area contributed by atoms with Gasteiger partial charge in [-0.15, -0.1) is 0 Å². The van der Waals surface area contributed by atoms with Gasteiger partial charge in [0.05, 0.1) is 6.61 Å². The Kier molecular flexibility index (Phi) is 3.63. The Morgan fingerprint density at radius 3 is 2.95 bits per heavy atom. The lowest BCUT2D eigenvalue weighted by molar-refractivity contribution is 0.192. The predicted octanol–water partition coefficient (Wildman–Crippen LogP) is 1.81. The van der Waals surface area contributed by atoms with Crippen LogP contribution < -0.4 is 5.56 Å². The number of pyridine rings is 1. The smallest absolute Gasteiger partial charge is 0.263 e. The second kappa shape index (κ2) is 5.44. The Morgan fingerprint density at radius 2 is 2.29 bits per heavy atom. The van der Waals surface area contributed by atoms with Crippen LogP contribution >= 0.6 is 0 Å². The van der Waals surface area contributed by atoms with Gasteiger partial charge in [-0.1, -0.05) is 12.1 Å². The molecule has 3 rings (SSSR count). The van der Waals surface area contributed by atoms with Crippen LogP contribution in [0.4, 0.5) is 0 Å². The number of ether oxygens (including phenoxy) is 1. The maximum absolute atomic E-state index is 12.4. The minimum absolute atomic E-state index is 0.102. The second-order valence-corrected chi connectivity index (χ2v) is 5.42. The Hall–Kier alpha value is -1.95. The molecule has 0 radical (unpaired) electrons. The molecule has 6 heteroatoms. The van der Waals surface area contributed by atoms with Crippen LogP contribution in [0.15, 0.2) is 15.4 Å². The maximum atomic E-state index is 12.4. The lowest BCUT2D eigenvalue weighted by atomic mass is 10.1. The fraction of sp³-hybridized carbons (Fsp3) is 0.533. The van der Waals surface area contributed by atoms with Crippen molar-refractivity contribution in [1.82, 2.24) is 14.7 Å². The molecular weight excluding hydrogens is 270 g/mol. The Balaban J connectivity index is 2.03. The Morgan fingerprint density at radius 1 is 1.48 bits per heavy atom. The van der Waals surface area contributed by atoms with Crippen LogP contribution in [0.25, 0.3) is 11.5 Å². The molecule has 3 heterocycles. The van der Waals surface area contributed by atoms with Crippen LogP contribution in [0.3, 0.4) is 0 Å². The van der Waals surface area contributed by atoms with Crippen molar-refractivity contribution < 1.29 is 9.26 Å². The van der Waals surface area contributed by atoms with Crippen molar-refractivity contribution in [2.75, 3.05) is 13.2 Å². The van der Waals surface area contributed by atoms with Gasteiger partial charge < -0.3 is 13.8 Å². The average Bonchev–Trinajstić information content (AvgIpc) is 3.13. The van der Waals surface area contributed by atoms with E-state index in [4.69, 9.17) is 9.26 Å². The van der Waals surface area contributed by atoms with Gasteiger partial charge in [0.1, 0.15) is 5.56 Å². The second-order valence-electron chi connectivity index (χ2n) is 5.42. The molecule has 0 spiro atoms. The number of aromatic nitrogens is 3. The first-order valence-corrected chi connectivity index (χ1v) is 7.23. The highest BCUT2D eigenvalue weighted by atomic mass is 16.5. The molecule has 1 unspecified atom stereocenters. The summed E-state index contributed by atoms with van der Waals surface area (Å²) in [6.07, 6.45) is 1.71. The molecule has 0 aromatic carbocycles. The van der Waals surface area contributed by atoms with Gasteiger partial charge >= 0.3 is 0 Å². The number of hydrogen-bond acceptors (Lipinski definition) is 5. The Bertz CT molecular complexity index is 711. The van der Waals surface area contributed by atoms with Crippen molar-refractivity contribution in [3.8, 4) is 11.5 Å². The molecule has 2 aromatic heterocycles. The zero-order chi connectivity index (χ0) is 15.0. The van der Waals surface area contributed by atoms with Gasteiger partial charge in [0.15, 0.2) is 5.82 Å². The molecule has 1 atom stereocenters. The fourth-order valence-electron chi connectivity index (χ4n) is 2.85. The van der Waals surface area contributed by atoms with E-state index in [-0.39, 0.29) is 11.5 Å². The summed E-state index contributed by atoms with van der Waals surface area (Å²) in [5, 5.41) is 4.00. The average molecular weight is 289 g/mol. The van der Waals surface area contributed by atoms with Gasteiger partial charge in [0, 0.05) is 25.3 Å². The van der Waals surface area contributed by atoms with Crippen molar-refractivity contribution in [2.24, 2.45) is 7.05 Å². The molecule has 0 N–H and O–H groups in total. The van der Waals surface area contributed by atoms with Gasteiger partial charge in [-0.05, 0) is 31.4 Å². The normalized spacial score (nSPS) is 18.3. The van der Waals surface area contributed by atoms with E-state index in [1.165, 1.54) is 0 Å². The van der Waals surface area contributed by atoms with Crippen LogP contribution in [0.1, 0.15) is 36.3 Å². The quantitative estimate of drug-likeness (QED) is 0.862. The SMILES string of the molecule is CCc1c(C)cc(-c2nc(C3CCOC3)no2)c(=O)n1C. The van der Waals surface area contributed by atoms with E-state index in [0.29, 0.717) is 23.9 Å². The molecule has 0 bridgehead atoms. The molecule has 0 aliphatic carbocycles. The van der Waals surface area contributed by atoms with Crippen molar-refractivity contribution in [3.63, 3.8) is 0 Å². The number of hydrogen-bond donors (Lipinski definition) is 0. The zero-order valence-electron chi connectivity index (χ0n) is 12.5. The summed E-state index contributed by atoms with van der Waals surface area (Å²) in [4.78, 5) is 16.8. The van der Waals surface area contributed by atoms with Crippen molar-refractivity contribution in [3.05, 3.63) is 33.5 Å². The Labute approximate surface area is 122 Å². The van der Waals surface area contributed by atoms with Crippen LogP contribution in [0.5, 0.6) is 0 Å². The zero-order valence-corrected chi connectivity index (χ0v) is 12.5. The van der Waals surface area contributed by atoms with Crippen LogP contribution in [-0.2, 0) is 18.2 Å². The molecule has 2 aromatic rings. The summed E-state index contributed by atoms with van der Waals surface area (Å²) in [6.45, 7) is 5.36. The number of aryl methyl sites for hydroxylation is 1. The summed E-state index contributed by atoms with van der Waals surface area (Å²) in [5.41, 5.74) is 2.44. The van der Waals surface area contributed by atoms with E-state index in [1.54, 1.807) is 11.6 Å². The van der Waals surface area contributed by atoms with E-state index >= 15 is 0 Å². The summed E-state index contributed by atoms with van der Waals surface area (Å²) in [5.74, 6) is 1.09. The third-order valence-corrected chi connectivity index (χ3v) is 4.06. The monoisotopic (exact) mass is 289 g/mol. The standard InChI is InChI=1S/C15H19N3O3/c1-4-12-9(2)7-11(15(19)18(12)3)14-16-13(17-21-14)10-5-6-20-8-10/h7,10H,4-6,8H2,1-3H3. The number of nitrogens with zero attached hydrogens (tertiary/aromatic N) is 3. The molecule has 112 valence electrons. The van der Waals surface area contributed by atoms with E-state index < -0.39 is 0 Å². The number of rotatable bonds is 3. The summed E-state index contributed by atoms with van der Waals surface area (Å²) in [7, 11) is 1.78.